The summed E-state index contributed by atoms with van der Waals surface area (Å²) in [5, 5.41) is 8.08. The quantitative estimate of drug-likeness (QED) is 0.874. The summed E-state index contributed by atoms with van der Waals surface area (Å²) in [4.78, 5) is 10.7. The molecule has 0 aliphatic carbocycles. The Balaban J connectivity index is 0.000000956. The smallest absolute Gasteiger partial charge is 0.216 e. The minimum atomic E-state index is -0.259. The number of nitrogens with one attached hydrogen (secondary N) is 1. The molecule has 2 rings (SSSR count). The van der Waals surface area contributed by atoms with Gasteiger partial charge < -0.3 is 5.32 Å². The largest absolute Gasteiger partial charge is 0.356 e. The molecule has 110 valence electrons. The highest BCUT2D eigenvalue weighted by Crippen LogP contribution is 2.19. The highest BCUT2D eigenvalue weighted by Gasteiger charge is 2.07. The van der Waals surface area contributed by atoms with Crippen LogP contribution in [-0.4, -0.2) is 22.2 Å². The van der Waals surface area contributed by atoms with Crippen LogP contribution in [0.5, 0.6) is 0 Å². The van der Waals surface area contributed by atoms with Crippen molar-refractivity contribution in [3.05, 3.63) is 29.7 Å². The Hall–Kier alpha value is -1.91. The van der Waals surface area contributed by atoms with Crippen LogP contribution < -0.4 is 5.32 Å². The van der Waals surface area contributed by atoms with Gasteiger partial charge >= 0.3 is 0 Å². The molecule has 0 aliphatic heterocycles. The molecule has 1 heterocycles. The lowest BCUT2D eigenvalue weighted by molar-refractivity contribution is -0.118. The summed E-state index contributed by atoms with van der Waals surface area (Å²) in [5.41, 5.74) is 1.69. The molecule has 0 spiro atoms. The molecule has 0 saturated carbocycles. The number of hydrogen-bond acceptors (Lipinski definition) is 2. The summed E-state index contributed by atoms with van der Waals surface area (Å²) in [6.07, 6.45) is 0.770. The van der Waals surface area contributed by atoms with Crippen molar-refractivity contribution >= 4 is 16.8 Å². The molecule has 0 aliphatic rings. The van der Waals surface area contributed by atoms with Gasteiger partial charge in [0.2, 0.25) is 5.91 Å². The van der Waals surface area contributed by atoms with Crippen LogP contribution in [-0.2, 0) is 11.3 Å². The van der Waals surface area contributed by atoms with Gasteiger partial charge in [-0.05, 0) is 31.5 Å². The third-order valence-electron chi connectivity index (χ3n) is 2.82. The number of carbonyl (C=O) groups excluding carboxylic acids is 1. The fourth-order valence-electron chi connectivity index (χ4n) is 1.98. The van der Waals surface area contributed by atoms with E-state index in [-0.39, 0.29) is 11.7 Å². The fourth-order valence-corrected chi connectivity index (χ4v) is 1.98. The Labute approximate surface area is 119 Å². The van der Waals surface area contributed by atoms with Crippen molar-refractivity contribution in [2.45, 2.75) is 40.7 Å². The Morgan fingerprint density at radius 3 is 2.75 bits per heavy atom. The van der Waals surface area contributed by atoms with Crippen molar-refractivity contribution in [1.82, 2.24) is 15.1 Å². The molecule has 1 aromatic heterocycles. The van der Waals surface area contributed by atoms with Gasteiger partial charge in [0.05, 0.1) is 11.2 Å². The Kier molecular flexibility index (Phi) is 6.15. The molecule has 4 nitrogen and oxygen atoms in total. The first kappa shape index (κ1) is 16.1. The van der Waals surface area contributed by atoms with Gasteiger partial charge in [-0.2, -0.15) is 5.10 Å². The van der Waals surface area contributed by atoms with Crippen LogP contribution in [0.1, 0.15) is 32.9 Å². The molecule has 2 aromatic rings. The average Bonchev–Trinajstić information content (AvgIpc) is 2.73. The molecule has 0 fully saturated rings. The minimum Gasteiger partial charge on any atom is -0.356 e. The van der Waals surface area contributed by atoms with E-state index in [1.165, 1.54) is 19.1 Å². The predicted octanol–water partition coefficient (Wildman–Crippen LogP) is 3.04. The number of benzene rings is 1. The molecule has 20 heavy (non-hydrogen) atoms. The predicted molar refractivity (Wildman–Crippen MR) is 79.1 cm³/mol. The SMILES string of the molecule is CC.CC(=O)NCCCn1nc(C)c2ccc(F)cc21. The second-order valence-corrected chi connectivity index (χ2v) is 4.31. The fraction of sp³-hybridized carbons (Fsp3) is 0.467. The molecule has 0 bridgehead atoms. The number of nitrogens with zero attached hydrogens (tertiary/aromatic N) is 2. The molecular formula is C15H22FN3O. The van der Waals surface area contributed by atoms with Gasteiger partial charge in [0.15, 0.2) is 0 Å². The van der Waals surface area contributed by atoms with E-state index in [1.807, 2.05) is 20.8 Å². The van der Waals surface area contributed by atoms with Crippen molar-refractivity contribution in [1.29, 1.82) is 0 Å². The van der Waals surface area contributed by atoms with Crippen LogP contribution in [0.4, 0.5) is 4.39 Å². The van der Waals surface area contributed by atoms with E-state index in [1.54, 1.807) is 10.7 Å². The first-order valence-electron chi connectivity index (χ1n) is 6.95. The summed E-state index contributed by atoms with van der Waals surface area (Å²) >= 11 is 0. The van der Waals surface area contributed by atoms with Crippen LogP contribution in [0, 0.1) is 12.7 Å². The summed E-state index contributed by atoms with van der Waals surface area (Å²) in [7, 11) is 0. The van der Waals surface area contributed by atoms with E-state index in [2.05, 4.69) is 10.4 Å². The van der Waals surface area contributed by atoms with Crippen molar-refractivity contribution in [2.24, 2.45) is 0 Å². The molecular weight excluding hydrogens is 257 g/mol. The van der Waals surface area contributed by atoms with Gasteiger partial charge in [0.1, 0.15) is 5.82 Å². The van der Waals surface area contributed by atoms with Crippen LogP contribution in [0.25, 0.3) is 10.9 Å². The molecule has 1 amide bonds. The van der Waals surface area contributed by atoms with Crippen LogP contribution in [0.3, 0.4) is 0 Å². The molecule has 0 unspecified atom stereocenters. The van der Waals surface area contributed by atoms with E-state index in [0.29, 0.717) is 13.1 Å². The van der Waals surface area contributed by atoms with Crippen LogP contribution >= 0.6 is 0 Å². The van der Waals surface area contributed by atoms with Gasteiger partial charge in [-0.15, -0.1) is 0 Å². The Bertz CT molecular complexity index is 578. The zero-order valence-electron chi connectivity index (χ0n) is 12.5. The Morgan fingerprint density at radius 1 is 1.40 bits per heavy atom. The van der Waals surface area contributed by atoms with Crippen molar-refractivity contribution < 1.29 is 9.18 Å². The van der Waals surface area contributed by atoms with Gasteiger partial charge in [0, 0.05) is 25.4 Å². The molecule has 1 N–H and O–H groups in total. The first-order chi connectivity index (χ1) is 9.58. The zero-order chi connectivity index (χ0) is 15.1. The number of carbonyl (C=O) groups is 1. The lowest BCUT2D eigenvalue weighted by Gasteiger charge is -2.04. The molecule has 1 aromatic carbocycles. The van der Waals surface area contributed by atoms with Crippen LogP contribution in [0.15, 0.2) is 18.2 Å². The second kappa shape index (κ2) is 7.62. The number of aryl methyl sites for hydroxylation is 2. The van der Waals surface area contributed by atoms with Crippen LogP contribution in [0.2, 0.25) is 0 Å². The van der Waals surface area contributed by atoms with E-state index in [4.69, 9.17) is 0 Å². The number of fused-ring (bicyclic) bond motifs is 1. The molecule has 0 atom stereocenters. The number of amides is 1. The van der Waals surface area contributed by atoms with Gasteiger partial charge in [-0.1, -0.05) is 13.8 Å². The van der Waals surface area contributed by atoms with E-state index < -0.39 is 0 Å². The summed E-state index contributed by atoms with van der Waals surface area (Å²) in [6, 6.07) is 4.68. The van der Waals surface area contributed by atoms with Gasteiger partial charge in [-0.25, -0.2) is 4.39 Å². The summed E-state index contributed by atoms with van der Waals surface area (Å²) < 4.78 is 15.0. The number of aromatic nitrogens is 2. The molecule has 0 radical (unpaired) electrons. The average molecular weight is 279 g/mol. The van der Waals surface area contributed by atoms with Crippen molar-refractivity contribution in [3.63, 3.8) is 0 Å². The third-order valence-corrected chi connectivity index (χ3v) is 2.82. The molecule has 5 heteroatoms. The zero-order valence-corrected chi connectivity index (χ0v) is 12.5. The number of rotatable bonds is 4. The number of hydrogen-bond donors (Lipinski definition) is 1. The number of halogens is 1. The molecule has 0 saturated heterocycles. The standard InChI is InChI=1S/C13H16FN3O.C2H6/c1-9-12-5-4-11(14)8-13(12)17(16-9)7-3-6-15-10(2)18;1-2/h4-5,8H,3,6-7H2,1-2H3,(H,15,18);1-2H3. The van der Waals surface area contributed by atoms with Crippen molar-refractivity contribution in [3.8, 4) is 0 Å². The highest BCUT2D eigenvalue weighted by molar-refractivity contribution is 5.81. The maximum absolute atomic E-state index is 13.2. The third kappa shape index (κ3) is 4.05. The van der Waals surface area contributed by atoms with E-state index >= 15 is 0 Å². The maximum Gasteiger partial charge on any atom is 0.216 e. The first-order valence-corrected chi connectivity index (χ1v) is 6.95. The lowest BCUT2D eigenvalue weighted by atomic mass is 10.2. The second-order valence-electron chi connectivity index (χ2n) is 4.31. The lowest BCUT2D eigenvalue weighted by Crippen LogP contribution is -2.22. The Morgan fingerprint density at radius 2 is 2.10 bits per heavy atom. The van der Waals surface area contributed by atoms with Gasteiger partial charge in [-0.3, -0.25) is 9.48 Å². The summed E-state index contributed by atoms with van der Waals surface area (Å²) in [5.74, 6) is -0.298. The highest BCUT2D eigenvalue weighted by atomic mass is 19.1. The van der Waals surface area contributed by atoms with E-state index in [9.17, 15) is 9.18 Å². The normalized spacial score (nSPS) is 10.1. The minimum absolute atomic E-state index is 0.0393. The monoisotopic (exact) mass is 279 g/mol. The van der Waals surface area contributed by atoms with Gasteiger partial charge in [0.25, 0.3) is 0 Å². The summed E-state index contributed by atoms with van der Waals surface area (Å²) in [6.45, 7) is 8.66. The van der Waals surface area contributed by atoms with E-state index in [0.717, 1.165) is 23.0 Å². The van der Waals surface area contributed by atoms with Crippen molar-refractivity contribution in [2.75, 3.05) is 6.54 Å². The topological polar surface area (TPSA) is 46.9 Å². The maximum atomic E-state index is 13.2.